The van der Waals surface area contributed by atoms with E-state index in [-0.39, 0.29) is 0 Å². The van der Waals surface area contributed by atoms with Crippen molar-refractivity contribution in [3.05, 3.63) is 33.8 Å². The van der Waals surface area contributed by atoms with Crippen LogP contribution in [0.2, 0.25) is 0 Å². The number of aryl methyl sites for hydroxylation is 1. The van der Waals surface area contributed by atoms with Gasteiger partial charge in [0.05, 0.1) is 0 Å². The number of hydrogen-bond donors (Lipinski definition) is 1. The maximum atomic E-state index is 3.55. The third-order valence-corrected chi connectivity index (χ3v) is 4.72. The Kier molecular flexibility index (Phi) is 6.35. The van der Waals surface area contributed by atoms with Crippen LogP contribution >= 0.6 is 15.9 Å². The molecule has 1 aliphatic rings. The lowest BCUT2D eigenvalue weighted by molar-refractivity contribution is 0.225. The fraction of sp³-hybridized carbons (Fsp3) is 0.625. The van der Waals surface area contributed by atoms with Gasteiger partial charge in [0, 0.05) is 11.0 Å². The van der Waals surface area contributed by atoms with Crippen molar-refractivity contribution in [1.29, 1.82) is 0 Å². The first-order valence-electron chi connectivity index (χ1n) is 7.44. The van der Waals surface area contributed by atoms with Crippen LogP contribution in [0.15, 0.2) is 22.7 Å². The van der Waals surface area contributed by atoms with Gasteiger partial charge in [-0.05, 0) is 69.6 Å². The van der Waals surface area contributed by atoms with Gasteiger partial charge >= 0.3 is 0 Å². The van der Waals surface area contributed by atoms with Crippen molar-refractivity contribution in [2.75, 3.05) is 26.2 Å². The summed E-state index contributed by atoms with van der Waals surface area (Å²) in [7, 11) is 0. The molecule has 0 amide bonds. The number of halogens is 1. The summed E-state index contributed by atoms with van der Waals surface area (Å²) in [6.07, 6.45) is 5.48. The highest BCUT2D eigenvalue weighted by atomic mass is 79.9. The molecular formula is C16H25BrN2. The molecule has 0 aromatic heterocycles. The molecule has 1 saturated heterocycles. The Morgan fingerprint density at radius 3 is 2.74 bits per heavy atom. The third kappa shape index (κ3) is 5.25. The van der Waals surface area contributed by atoms with Crippen molar-refractivity contribution in [2.45, 2.75) is 39.2 Å². The van der Waals surface area contributed by atoms with Crippen molar-refractivity contribution < 1.29 is 0 Å². The number of rotatable bonds is 6. The average molecular weight is 325 g/mol. The van der Waals surface area contributed by atoms with Crippen LogP contribution in [0, 0.1) is 6.92 Å². The molecule has 0 spiro atoms. The lowest BCUT2D eigenvalue weighted by Crippen LogP contribution is -2.32. The molecule has 106 valence electrons. The van der Waals surface area contributed by atoms with Gasteiger partial charge in [0.2, 0.25) is 0 Å². The Hall–Kier alpha value is -0.380. The number of nitrogens with one attached hydrogen (secondary N) is 1. The van der Waals surface area contributed by atoms with Gasteiger partial charge < -0.3 is 10.2 Å². The van der Waals surface area contributed by atoms with Crippen molar-refractivity contribution in [1.82, 2.24) is 10.2 Å². The molecule has 2 nitrogen and oxygen atoms in total. The zero-order valence-corrected chi connectivity index (χ0v) is 13.5. The third-order valence-electron chi connectivity index (χ3n) is 3.83. The van der Waals surface area contributed by atoms with Gasteiger partial charge in [0.1, 0.15) is 0 Å². The molecule has 0 bridgehead atoms. The minimum Gasteiger partial charge on any atom is -0.313 e. The summed E-state index contributed by atoms with van der Waals surface area (Å²) in [6, 6.07) is 6.58. The van der Waals surface area contributed by atoms with Crippen LogP contribution in [0.1, 0.15) is 36.8 Å². The summed E-state index contributed by atoms with van der Waals surface area (Å²) in [5.74, 6) is 0. The molecular weight excluding hydrogens is 300 g/mol. The van der Waals surface area contributed by atoms with Crippen LogP contribution in [-0.2, 0) is 6.54 Å². The molecule has 0 radical (unpaired) electrons. The average Bonchev–Trinajstić information content (AvgIpc) is 2.43. The van der Waals surface area contributed by atoms with Crippen molar-refractivity contribution in [2.24, 2.45) is 0 Å². The molecule has 0 unspecified atom stereocenters. The molecule has 1 aromatic carbocycles. The van der Waals surface area contributed by atoms with Gasteiger partial charge in [-0.3, -0.25) is 0 Å². The van der Waals surface area contributed by atoms with E-state index in [2.05, 4.69) is 51.3 Å². The van der Waals surface area contributed by atoms with Crippen LogP contribution in [0.5, 0.6) is 0 Å². The lowest BCUT2D eigenvalue weighted by atomic mass is 10.1. The van der Waals surface area contributed by atoms with Gasteiger partial charge in [0.25, 0.3) is 0 Å². The number of likely N-dealkylation sites (tertiary alicyclic amines) is 1. The van der Waals surface area contributed by atoms with Crippen LogP contribution in [-0.4, -0.2) is 31.1 Å². The summed E-state index contributed by atoms with van der Waals surface area (Å²) in [5, 5.41) is 3.55. The predicted octanol–water partition coefficient (Wildman–Crippen LogP) is 3.72. The Balaban J connectivity index is 1.59. The quantitative estimate of drug-likeness (QED) is 0.802. The van der Waals surface area contributed by atoms with E-state index in [4.69, 9.17) is 0 Å². The predicted molar refractivity (Wildman–Crippen MR) is 85.5 cm³/mol. The maximum absolute atomic E-state index is 3.55. The molecule has 1 aliphatic heterocycles. The van der Waals surface area contributed by atoms with E-state index in [0.717, 1.165) is 13.1 Å². The summed E-state index contributed by atoms with van der Waals surface area (Å²) >= 11 is 3.54. The van der Waals surface area contributed by atoms with Gasteiger partial charge in [-0.15, -0.1) is 0 Å². The molecule has 1 N–H and O–H groups in total. The summed E-state index contributed by atoms with van der Waals surface area (Å²) in [5.41, 5.74) is 2.69. The fourth-order valence-corrected chi connectivity index (χ4v) is 2.91. The van der Waals surface area contributed by atoms with Crippen LogP contribution < -0.4 is 5.32 Å². The minimum atomic E-state index is 0.980. The van der Waals surface area contributed by atoms with E-state index in [1.54, 1.807) is 0 Å². The van der Waals surface area contributed by atoms with Gasteiger partial charge in [-0.1, -0.05) is 34.5 Å². The second-order valence-electron chi connectivity index (χ2n) is 5.52. The first-order valence-corrected chi connectivity index (χ1v) is 8.23. The first-order chi connectivity index (χ1) is 9.25. The Labute approximate surface area is 125 Å². The van der Waals surface area contributed by atoms with E-state index in [1.165, 1.54) is 60.9 Å². The lowest BCUT2D eigenvalue weighted by Gasteiger charge is -2.26. The van der Waals surface area contributed by atoms with Crippen LogP contribution in [0.3, 0.4) is 0 Å². The van der Waals surface area contributed by atoms with Crippen molar-refractivity contribution >= 4 is 15.9 Å². The SMILES string of the molecule is Cc1cc(CNCCCN2CCCCC2)ccc1Br. The number of hydrogen-bond acceptors (Lipinski definition) is 2. The van der Waals surface area contributed by atoms with Crippen LogP contribution in [0.25, 0.3) is 0 Å². The molecule has 2 rings (SSSR count). The Morgan fingerprint density at radius 2 is 2.00 bits per heavy atom. The number of piperidine rings is 1. The van der Waals surface area contributed by atoms with E-state index in [0.29, 0.717) is 0 Å². The first kappa shape index (κ1) is 15.0. The Morgan fingerprint density at radius 1 is 1.21 bits per heavy atom. The second kappa shape index (κ2) is 8.03. The second-order valence-corrected chi connectivity index (χ2v) is 6.37. The standard InChI is InChI=1S/C16H25BrN2/c1-14-12-15(6-7-16(14)17)13-18-8-5-11-19-9-3-2-4-10-19/h6-7,12,18H,2-5,8-11,13H2,1H3. The number of benzene rings is 1. The summed E-state index contributed by atoms with van der Waals surface area (Å²) in [4.78, 5) is 2.61. The molecule has 1 aromatic rings. The van der Waals surface area contributed by atoms with E-state index >= 15 is 0 Å². The van der Waals surface area contributed by atoms with E-state index in [1.807, 2.05) is 0 Å². The van der Waals surface area contributed by atoms with Gasteiger partial charge in [-0.25, -0.2) is 0 Å². The molecule has 1 heterocycles. The molecule has 1 fully saturated rings. The largest absolute Gasteiger partial charge is 0.313 e. The molecule has 3 heteroatoms. The minimum absolute atomic E-state index is 0.980. The summed E-state index contributed by atoms with van der Waals surface area (Å²) in [6.45, 7) is 8.12. The highest BCUT2D eigenvalue weighted by Gasteiger charge is 2.08. The highest BCUT2D eigenvalue weighted by Crippen LogP contribution is 2.16. The summed E-state index contributed by atoms with van der Waals surface area (Å²) < 4.78 is 1.20. The molecule has 0 saturated carbocycles. The van der Waals surface area contributed by atoms with E-state index in [9.17, 15) is 0 Å². The molecule has 0 atom stereocenters. The normalized spacial score (nSPS) is 16.7. The van der Waals surface area contributed by atoms with Crippen molar-refractivity contribution in [3.8, 4) is 0 Å². The molecule has 19 heavy (non-hydrogen) atoms. The Bertz CT molecular complexity index is 386. The van der Waals surface area contributed by atoms with Crippen LogP contribution in [0.4, 0.5) is 0 Å². The zero-order valence-electron chi connectivity index (χ0n) is 11.9. The van der Waals surface area contributed by atoms with Crippen molar-refractivity contribution in [3.63, 3.8) is 0 Å². The van der Waals surface area contributed by atoms with Gasteiger partial charge in [-0.2, -0.15) is 0 Å². The maximum Gasteiger partial charge on any atom is 0.0205 e. The monoisotopic (exact) mass is 324 g/mol. The fourth-order valence-electron chi connectivity index (χ4n) is 2.66. The zero-order chi connectivity index (χ0) is 13.5. The highest BCUT2D eigenvalue weighted by molar-refractivity contribution is 9.10. The topological polar surface area (TPSA) is 15.3 Å². The molecule has 0 aliphatic carbocycles. The van der Waals surface area contributed by atoms with Gasteiger partial charge in [0.15, 0.2) is 0 Å². The smallest absolute Gasteiger partial charge is 0.0205 e. The van der Waals surface area contributed by atoms with E-state index < -0.39 is 0 Å². The number of nitrogens with zero attached hydrogens (tertiary/aromatic N) is 1.